The Morgan fingerprint density at radius 3 is 2.03 bits per heavy atom. The SMILES string of the molecule is CC(C)(C)NS(=O)(=O)c1ccc(C(=O)NCCOc2ccc(C(F)(F)F)cc2)cc1. The maximum absolute atomic E-state index is 12.5. The molecule has 164 valence electrons. The minimum absolute atomic E-state index is 0.0413. The van der Waals surface area contributed by atoms with Gasteiger partial charge < -0.3 is 10.1 Å². The molecule has 1 amide bonds. The van der Waals surface area contributed by atoms with Gasteiger partial charge in [0.1, 0.15) is 12.4 Å². The number of ether oxygens (including phenoxy) is 1. The Kier molecular flexibility index (Phi) is 7.14. The fourth-order valence-electron chi connectivity index (χ4n) is 2.42. The molecule has 2 rings (SSSR count). The summed E-state index contributed by atoms with van der Waals surface area (Å²) in [6.45, 7) is 5.34. The molecule has 10 heteroatoms. The van der Waals surface area contributed by atoms with Crippen LogP contribution in [0.1, 0.15) is 36.7 Å². The molecule has 0 heterocycles. The van der Waals surface area contributed by atoms with E-state index in [1.807, 2.05) is 0 Å². The predicted molar refractivity (Wildman–Crippen MR) is 106 cm³/mol. The monoisotopic (exact) mass is 444 g/mol. The first-order valence-corrected chi connectivity index (χ1v) is 10.5. The molecule has 0 saturated heterocycles. The third kappa shape index (κ3) is 7.03. The van der Waals surface area contributed by atoms with Crippen LogP contribution in [0.5, 0.6) is 5.75 Å². The highest BCUT2D eigenvalue weighted by atomic mass is 32.2. The molecule has 0 aliphatic heterocycles. The third-order valence-corrected chi connectivity index (χ3v) is 5.48. The number of hydrogen-bond acceptors (Lipinski definition) is 4. The summed E-state index contributed by atoms with van der Waals surface area (Å²) in [6.07, 6.45) is -4.41. The van der Waals surface area contributed by atoms with Gasteiger partial charge in [0.2, 0.25) is 10.0 Å². The van der Waals surface area contributed by atoms with Crippen molar-refractivity contribution >= 4 is 15.9 Å². The Morgan fingerprint density at radius 2 is 1.53 bits per heavy atom. The number of carbonyl (C=O) groups is 1. The van der Waals surface area contributed by atoms with Gasteiger partial charge >= 0.3 is 6.18 Å². The van der Waals surface area contributed by atoms with Crippen molar-refractivity contribution in [3.63, 3.8) is 0 Å². The van der Waals surface area contributed by atoms with E-state index in [0.717, 1.165) is 12.1 Å². The molecule has 0 spiro atoms. The lowest BCUT2D eigenvalue weighted by Crippen LogP contribution is -2.40. The molecule has 0 unspecified atom stereocenters. The van der Waals surface area contributed by atoms with E-state index in [0.29, 0.717) is 0 Å². The van der Waals surface area contributed by atoms with Gasteiger partial charge in [-0.25, -0.2) is 13.1 Å². The summed E-state index contributed by atoms with van der Waals surface area (Å²) in [5.74, 6) is -0.183. The van der Waals surface area contributed by atoms with Crippen LogP contribution in [0.3, 0.4) is 0 Å². The van der Waals surface area contributed by atoms with Crippen LogP contribution in [0.25, 0.3) is 0 Å². The highest BCUT2D eigenvalue weighted by Gasteiger charge is 2.30. The molecule has 0 aliphatic carbocycles. The van der Waals surface area contributed by atoms with Crippen molar-refractivity contribution in [1.82, 2.24) is 10.0 Å². The number of halogens is 3. The molecule has 0 saturated carbocycles. The van der Waals surface area contributed by atoms with Crippen LogP contribution in [-0.2, 0) is 16.2 Å². The van der Waals surface area contributed by atoms with Gasteiger partial charge in [0.25, 0.3) is 5.91 Å². The van der Waals surface area contributed by atoms with Crippen LogP contribution in [0, 0.1) is 0 Å². The Balaban J connectivity index is 1.85. The summed E-state index contributed by atoms with van der Waals surface area (Å²) >= 11 is 0. The first-order valence-electron chi connectivity index (χ1n) is 9.00. The second-order valence-corrected chi connectivity index (χ2v) is 9.19. The van der Waals surface area contributed by atoms with Crippen molar-refractivity contribution < 1.29 is 31.1 Å². The number of alkyl halides is 3. The smallest absolute Gasteiger partial charge is 0.416 e. The van der Waals surface area contributed by atoms with Crippen LogP contribution in [0.2, 0.25) is 0 Å². The van der Waals surface area contributed by atoms with Crippen LogP contribution >= 0.6 is 0 Å². The van der Waals surface area contributed by atoms with Gasteiger partial charge in [-0.3, -0.25) is 4.79 Å². The number of rotatable bonds is 7. The van der Waals surface area contributed by atoms with Crippen molar-refractivity contribution in [1.29, 1.82) is 0 Å². The van der Waals surface area contributed by atoms with Crippen molar-refractivity contribution in [2.24, 2.45) is 0 Å². The summed E-state index contributed by atoms with van der Waals surface area (Å²) in [7, 11) is -3.70. The average molecular weight is 444 g/mol. The maximum Gasteiger partial charge on any atom is 0.416 e. The number of carbonyl (C=O) groups excluding carboxylic acids is 1. The maximum atomic E-state index is 12.5. The number of amides is 1. The summed E-state index contributed by atoms with van der Waals surface area (Å²) in [6, 6.07) is 9.69. The zero-order chi connectivity index (χ0) is 22.6. The van der Waals surface area contributed by atoms with Crippen LogP contribution in [-0.4, -0.2) is 33.0 Å². The summed E-state index contributed by atoms with van der Waals surface area (Å²) in [5, 5.41) is 2.59. The zero-order valence-electron chi connectivity index (χ0n) is 16.7. The molecule has 0 atom stereocenters. The molecule has 0 fully saturated rings. The van der Waals surface area contributed by atoms with Crippen molar-refractivity contribution in [2.45, 2.75) is 37.4 Å². The third-order valence-electron chi connectivity index (χ3n) is 3.71. The fourth-order valence-corrected chi connectivity index (χ4v) is 3.84. The molecule has 6 nitrogen and oxygen atoms in total. The van der Waals surface area contributed by atoms with Crippen molar-refractivity contribution in [3.8, 4) is 5.75 Å². The topological polar surface area (TPSA) is 84.5 Å². The molecule has 0 aliphatic rings. The molecule has 0 bridgehead atoms. The van der Waals surface area contributed by atoms with E-state index in [1.165, 1.54) is 36.4 Å². The number of sulfonamides is 1. The van der Waals surface area contributed by atoms with Crippen LogP contribution < -0.4 is 14.8 Å². The van der Waals surface area contributed by atoms with Gasteiger partial charge in [-0.1, -0.05) is 0 Å². The lowest BCUT2D eigenvalue weighted by molar-refractivity contribution is -0.137. The average Bonchev–Trinajstić information content (AvgIpc) is 2.63. The van der Waals surface area contributed by atoms with E-state index < -0.39 is 33.2 Å². The Bertz CT molecular complexity index is 965. The summed E-state index contributed by atoms with van der Waals surface area (Å²) in [5.41, 5.74) is -1.15. The normalized spacial score (nSPS) is 12.5. The van der Waals surface area contributed by atoms with Crippen molar-refractivity contribution in [3.05, 3.63) is 59.7 Å². The van der Waals surface area contributed by atoms with Crippen molar-refractivity contribution in [2.75, 3.05) is 13.2 Å². The molecule has 2 aromatic rings. The largest absolute Gasteiger partial charge is 0.492 e. The number of benzene rings is 2. The van der Waals surface area contributed by atoms with Crippen LogP contribution in [0.15, 0.2) is 53.4 Å². The first-order chi connectivity index (χ1) is 13.8. The lowest BCUT2D eigenvalue weighted by atomic mass is 10.1. The highest BCUT2D eigenvalue weighted by molar-refractivity contribution is 7.89. The van der Waals surface area contributed by atoms with Crippen LogP contribution in [0.4, 0.5) is 13.2 Å². The Labute approximate surface area is 173 Å². The molecule has 2 aromatic carbocycles. The lowest BCUT2D eigenvalue weighted by Gasteiger charge is -2.20. The molecular formula is C20H23F3N2O4S. The Hall–Kier alpha value is -2.59. The van der Waals surface area contributed by atoms with E-state index in [2.05, 4.69) is 10.0 Å². The van der Waals surface area contributed by atoms with E-state index >= 15 is 0 Å². The molecule has 2 N–H and O–H groups in total. The number of hydrogen-bond donors (Lipinski definition) is 2. The van der Waals surface area contributed by atoms with E-state index in [4.69, 9.17) is 4.74 Å². The predicted octanol–water partition coefficient (Wildman–Crippen LogP) is 3.59. The second kappa shape index (κ2) is 9.05. The standard InChI is InChI=1S/C20H23F3N2O4S/c1-19(2,3)25-30(27,28)17-10-4-14(5-11-17)18(26)24-12-13-29-16-8-6-15(7-9-16)20(21,22)23/h4-11,25H,12-13H2,1-3H3,(H,24,26). The zero-order valence-corrected chi connectivity index (χ0v) is 17.5. The van der Waals surface area contributed by atoms with E-state index in [9.17, 15) is 26.4 Å². The molecule has 30 heavy (non-hydrogen) atoms. The van der Waals surface area contributed by atoms with E-state index in [-0.39, 0.29) is 29.4 Å². The molecule has 0 radical (unpaired) electrons. The van der Waals surface area contributed by atoms with Gasteiger partial charge in [-0.2, -0.15) is 13.2 Å². The second-order valence-electron chi connectivity index (χ2n) is 7.51. The quantitative estimate of drug-likeness (QED) is 0.640. The number of nitrogens with one attached hydrogen (secondary N) is 2. The Morgan fingerprint density at radius 1 is 0.967 bits per heavy atom. The minimum atomic E-state index is -4.41. The van der Waals surface area contributed by atoms with E-state index in [1.54, 1.807) is 20.8 Å². The van der Waals surface area contributed by atoms with Gasteiger partial charge in [0, 0.05) is 11.1 Å². The minimum Gasteiger partial charge on any atom is -0.492 e. The molecular weight excluding hydrogens is 421 g/mol. The molecule has 0 aromatic heterocycles. The summed E-state index contributed by atoms with van der Waals surface area (Å²) < 4.78 is 69.9. The van der Waals surface area contributed by atoms with Gasteiger partial charge in [-0.05, 0) is 69.3 Å². The highest BCUT2D eigenvalue weighted by Crippen LogP contribution is 2.30. The van der Waals surface area contributed by atoms with Gasteiger partial charge in [-0.15, -0.1) is 0 Å². The fraction of sp³-hybridized carbons (Fsp3) is 0.350. The van der Waals surface area contributed by atoms with Gasteiger partial charge in [0.15, 0.2) is 0 Å². The summed E-state index contributed by atoms with van der Waals surface area (Å²) in [4.78, 5) is 12.2. The first kappa shape index (κ1) is 23.7. The van der Waals surface area contributed by atoms with Gasteiger partial charge in [0.05, 0.1) is 17.0 Å².